The maximum absolute atomic E-state index is 12.9. The van der Waals surface area contributed by atoms with Crippen LogP contribution in [0, 0.1) is 5.92 Å². The molecule has 2 rings (SSSR count). The molecule has 112 valence electrons. The van der Waals surface area contributed by atoms with Crippen LogP contribution < -0.4 is 10.2 Å². The SMILES string of the molecule is CNc1nc(N(CC(C)C)C2CC2)cc(C(F)(F)F)n1. The molecular formula is C13H19F3N4. The van der Waals surface area contributed by atoms with E-state index >= 15 is 0 Å². The Labute approximate surface area is 116 Å². The second-order valence-corrected chi connectivity index (χ2v) is 5.46. The number of halogens is 3. The summed E-state index contributed by atoms with van der Waals surface area (Å²) in [4.78, 5) is 9.64. The molecule has 0 amide bonds. The second kappa shape index (κ2) is 5.46. The quantitative estimate of drug-likeness (QED) is 0.903. The predicted molar refractivity (Wildman–Crippen MR) is 71.8 cm³/mol. The summed E-state index contributed by atoms with van der Waals surface area (Å²) in [5.41, 5.74) is -0.902. The second-order valence-electron chi connectivity index (χ2n) is 5.46. The molecule has 1 aromatic heterocycles. The van der Waals surface area contributed by atoms with Gasteiger partial charge in [0, 0.05) is 25.7 Å². The third-order valence-electron chi connectivity index (χ3n) is 3.07. The first kappa shape index (κ1) is 14.9. The molecular weight excluding hydrogens is 269 g/mol. The van der Waals surface area contributed by atoms with Gasteiger partial charge in [-0.25, -0.2) is 4.98 Å². The first-order valence-electron chi connectivity index (χ1n) is 6.72. The summed E-state index contributed by atoms with van der Waals surface area (Å²) >= 11 is 0. The van der Waals surface area contributed by atoms with E-state index in [0.717, 1.165) is 18.9 Å². The van der Waals surface area contributed by atoms with E-state index in [0.29, 0.717) is 24.3 Å². The van der Waals surface area contributed by atoms with Crippen molar-refractivity contribution >= 4 is 11.8 Å². The summed E-state index contributed by atoms with van der Waals surface area (Å²) in [6.45, 7) is 4.78. The van der Waals surface area contributed by atoms with Gasteiger partial charge in [-0.05, 0) is 18.8 Å². The van der Waals surface area contributed by atoms with Gasteiger partial charge in [0.25, 0.3) is 0 Å². The average Bonchev–Trinajstić information content (AvgIpc) is 3.18. The minimum Gasteiger partial charge on any atom is -0.357 e. The topological polar surface area (TPSA) is 41.1 Å². The van der Waals surface area contributed by atoms with E-state index in [1.54, 1.807) is 0 Å². The molecule has 0 unspecified atom stereocenters. The largest absolute Gasteiger partial charge is 0.433 e. The zero-order valence-corrected chi connectivity index (χ0v) is 11.8. The molecule has 1 saturated carbocycles. The fourth-order valence-corrected chi connectivity index (χ4v) is 2.05. The van der Waals surface area contributed by atoms with Gasteiger partial charge < -0.3 is 10.2 Å². The molecule has 7 heteroatoms. The Morgan fingerprint density at radius 1 is 1.35 bits per heavy atom. The maximum atomic E-state index is 12.9. The van der Waals surface area contributed by atoms with Crippen LogP contribution in [0.3, 0.4) is 0 Å². The zero-order chi connectivity index (χ0) is 14.9. The van der Waals surface area contributed by atoms with Crippen molar-refractivity contribution in [3.8, 4) is 0 Å². The molecule has 0 saturated heterocycles. The highest BCUT2D eigenvalue weighted by Gasteiger charge is 2.36. The molecule has 4 nitrogen and oxygen atoms in total. The monoisotopic (exact) mass is 288 g/mol. The molecule has 1 aromatic rings. The Kier molecular flexibility index (Phi) is 4.06. The lowest BCUT2D eigenvalue weighted by molar-refractivity contribution is -0.141. The van der Waals surface area contributed by atoms with Crippen molar-refractivity contribution in [2.45, 2.75) is 38.9 Å². The van der Waals surface area contributed by atoms with Crippen molar-refractivity contribution in [1.82, 2.24) is 9.97 Å². The number of nitrogens with one attached hydrogen (secondary N) is 1. The van der Waals surface area contributed by atoms with E-state index in [-0.39, 0.29) is 5.95 Å². The van der Waals surface area contributed by atoms with Crippen LogP contribution in [-0.4, -0.2) is 29.6 Å². The molecule has 1 aliphatic carbocycles. The smallest absolute Gasteiger partial charge is 0.357 e. The van der Waals surface area contributed by atoms with E-state index in [1.165, 1.54) is 7.05 Å². The molecule has 0 aliphatic heterocycles. The Morgan fingerprint density at radius 3 is 2.45 bits per heavy atom. The number of hydrogen-bond acceptors (Lipinski definition) is 4. The molecule has 0 radical (unpaired) electrons. The molecule has 0 atom stereocenters. The number of hydrogen-bond donors (Lipinski definition) is 1. The Hall–Kier alpha value is -1.53. The highest BCUT2D eigenvalue weighted by atomic mass is 19.4. The number of alkyl halides is 3. The van der Waals surface area contributed by atoms with Gasteiger partial charge in [0.2, 0.25) is 5.95 Å². The first-order chi connectivity index (χ1) is 9.31. The predicted octanol–water partition coefficient (Wildman–Crippen LogP) is 3.16. The molecule has 1 N–H and O–H groups in total. The summed E-state index contributed by atoms with van der Waals surface area (Å²) in [5, 5.41) is 2.60. The van der Waals surface area contributed by atoms with Crippen LogP contribution in [0.2, 0.25) is 0 Å². The Balaban J connectivity index is 2.37. The van der Waals surface area contributed by atoms with Crippen LogP contribution in [0.1, 0.15) is 32.4 Å². The lowest BCUT2D eigenvalue weighted by Gasteiger charge is -2.26. The number of anilines is 2. The fourth-order valence-electron chi connectivity index (χ4n) is 2.05. The summed E-state index contributed by atoms with van der Waals surface area (Å²) in [5.74, 6) is 0.718. The van der Waals surface area contributed by atoms with Gasteiger partial charge in [-0.15, -0.1) is 0 Å². The maximum Gasteiger partial charge on any atom is 0.433 e. The van der Waals surface area contributed by atoms with Gasteiger partial charge >= 0.3 is 6.18 Å². The zero-order valence-electron chi connectivity index (χ0n) is 11.8. The fraction of sp³-hybridized carbons (Fsp3) is 0.692. The molecule has 1 heterocycles. The first-order valence-corrected chi connectivity index (χ1v) is 6.72. The van der Waals surface area contributed by atoms with Crippen LogP contribution >= 0.6 is 0 Å². The van der Waals surface area contributed by atoms with E-state index in [1.807, 2.05) is 18.7 Å². The normalized spacial score (nSPS) is 15.6. The lowest BCUT2D eigenvalue weighted by Crippen LogP contribution is -2.31. The van der Waals surface area contributed by atoms with Crippen molar-refractivity contribution < 1.29 is 13.2 Å². The molecule has 0 spiro atoms. The third-order valence-corrected chi connectivity index (χ3v) is 3.07. The van der Waals surface area contributed by atoms with Gasteiger partial charge in [-0.2, -0.15) is 18.2 Å². The van der Waals surface area contributed by atoms with E-state index in [4.69, 9.17) is 0 Å². The third kappa shape index (κ3) is 3.52. The molecule has 0 bridgehead atoms. The molecule has 20 heavy (non-hydrogen) atoms. The van der Waals surface area contributed by atoms with Crippen molar-refractivity contribution in [3.63, 3.8) is 0 Å². The van der Waals surface area contributed by atoms with Gasteiger partial charge in [-0.1, -0.05) is 13.8 Å². The van der Waals surface area contributed by atoms with E-state index in [2.05, 4.69) is 15.3 Å². The van der Waals surface area contributed by atoms with Crippen molar-refractivity contribution in [3.05, 3.63) is 11.8 Å². The van der Waals surface area contributed by atoms with Crippen LogP contribution in [0.15, 0.2) is 6.07 Å². The highest BCUT2D eigenvalue weighted by molar-refractivity contribution is 5.47. The van der Waals surface area contributed by atoms with E-state index < -0.39 is 11.9 Å². The number of aromatic nitrogens is 2. The van der Waals surface area contributed by atoms with Crippen LogP contribution in [-0.2, 0) is 6.18 Å². The van der Waals surface area contributed by atoms with Gasteiger partial charge in [0.15, 0.2) is 5.69 Å². The highest BCUT2D eigenvalue weighted by Crippen LogP contribution is 2.35. The van der Waals surface area contributed by atoms with Crippen LogP contribution in [0.25, 0.3) is 0 Å². The summed E-state index contributed by atoms with van der Waals surface area (Å²) < 4.78 is 38.7. The summed E-state index contributed by atoms with van der Waals surface area (Å²) in [6, 6.07) is 1.35. The standard InChI is InChI=1S/C13H19F3N4/c1-8(2)7-20(9-4-5-9)11-6-10(13(14,15)16)18-12(17-3)19-11/h6,8-9H,4-5,7H2,1-3H3,(H,17,18,19). The summed E-state index contributed by atoms with van der Waals surface area (Å²) in [6.07, 6.45) is -2.45. The Bertz CT molecular complexity index is 469. The molecule has 0 aromatic carbocycles. The van der Waals surface area contributed by atoms with Crippen LogP contribution in [0.5, 0.6) is 0 Å². The molecule has 1 aliphatic rings. The lowest BCUT2D eigenvalue weighted by atomic mass is 10.2. The van der Waals surface area contributed by atoms with Crippen molar-refractivity contribution in [2.75, 3.05) is 23.8 Å². The number of rotatable bonds is 5. The summed E-state index contributed by atoms with van der Waals surface area (Å²) in [7, 11) is 1.52. The minimum atomic E-state index is -4.46. The van der Waals surface area contributed by atoms with Crippen LogP contribution in [0.4, 0.5) is 24.9 Å². The minimum absolute atomic E-state index is 0.00392. The van der Waals surface area contributed by atoms with E-state index in [9.17, 15) is 13.2 Å². The van der Waals surface area contributed by atoms with Crippen molar-refractivity contribution in [2.24, 2.45) is 5.92 Å². The van der Waals surface area contributed by atoms with Crippen molar-refractivity contribution in [1.29, 1.82) is 0 Å². The Morgan fingerprint density at radius 2 is 2.00 bits per heavy atom. The van der Waals surface area contributed by atoms with Gasteiger partial charge in [0.05, 0.1) is 0 Å². The molecule has 1 fully saturated rings. The number of nitrogens with zero attached hydrogens (tertiary/aromatic N) is 3. The van der Waals surface area contributed by atoms with Gasteiger partial charge in [0.1, 0.15) is 5.82 Å². The van der Waals surface area contributed by atoms with Gasteiger partial charge in [-0.3, -0.25) is 0 Å². The average molecular weight is 288 g/mol.